The normalized spacial score (nSPS) is 10.5. The smallest absolute Gasteiger partial charge is 0.343 e. The van der Waals surface area contributed by atoms with E-state index in [1.165, 1.54) is 39.7 Å². The predicted molar refractivity (Wildman–Crippen MR) is 130 cm³/mol. The molecule has 0 aliphatic rings. The summed E-state index contributed by atoms with van der Waals surface area (Å²) in [6.45, 7) is -0.256. The van der Waals surface area contributed by atoms with Gasteiger partial charge in [0, 0.05) is 0 Å². The molecule has 0 atom stereocenters. The molecule has 0 unspecified atom stereocenters. The van der Waals surface area contributed by atoms with Crippen LogP contribution in [0.1, 0.15) is 15.9 Å². The summed E-state index contributed by atoms with van der Waals surface area (Å²) < 4.78 is 26.6. The van der Waals surface area contributed by atoms with E-state index in [-0.39, 0.29) is 17.9 Å². The molecule has 35 heavy (non-hydrogen) atoms. The number of hydrazone groups is 1. The van der Waals surface area contributed by atoms with Crippen LogP contribution in [0, 0.1) is 0 Å². The maximum atomic E-state index is 12.7. The van der Waals surface area contributed by atoms with Crippen molar-refractivity contribution in [3.05, 3.63) is 76.8 Å². The molecular weight excluding hydrogens is 476 g/mol. The van der Waals surface area contributed by atoms with E-state index in [4.69, 9.17) is 35.3 Å². The fraction of sp³-hybridized carbons (Fsp3) is 0.160. The molecule has 3 aromatic carbocycles. The first kappa shape index (κ1) is 25.4. The molecule has 0 aliphatic heterocycles. The number of nitrogens with one attached hydrogen (secondary N) is 1. The number of ether oxygens (including phenoxy) is 5. The number of halogens is 1. The van der Waals surface area contributed by atoms with E-state index in [9.17, 15) is 9.59 Å². The second-order valence-corrected chi connectivity index (χ2v) is 7.30. The molecule has 182 valence electrons. The molecule has 0 saturated carbocycles. The lowest BCUT2D eigenvalue weighted by Crippen LogP contribution is -2.24. The second kappa shape index (κ2) is 12.3. The van der Waals surface area contributed by atoms with E-state index in [0.717, 1.165) is 0 Å². The van der Waals surface area contributed by atoms with Crippen LogP contribution in [-0.2, 0) is 4.79 Å². The molecule has 0 fully saturated rings. The molecule has 0 aromatic heterocycles. The molecular formula is C25H23ClN2O7. The van der Waals surface area contributed by atoms with E-state index in [2.05, 4.69) is 10.5 Å². The lowest BCUT2D eigenvalue weighted by molar-refractivity contribution is -0.123. The van der Waals surface area contributed by atoms with Crippen molar-refractivity contribution in [1.29, 1.82) is 0 Å². The Morgan fingerprint density at radius 2 is 1.63 bits per heavy atom. The molecule has 0 bridgehead atoms. The van der Waals surface area contributed by atoms with Crippen LogP contribution in [0.25, 0.3) is 0 Å². The number of amides is 1. The third-order valence-electron chi connectivity index (χ3n) is 4.57. The van der Waals surface area contributed by atoms with Gasteiger partial charge in [0.15, 0.2) is 18.1 Å². The zero-order chi connectivity index (χ0) is 25.2. The first-order valence-electron chi connectivity index (χ1n) is 10.3. The highest BCUT2D eigenvalue weighted by atomic mass is 35.5. The second-order valence-electron chi connectivity index (χ2n) is 6.89. The fourth-order valence-electron chi connectivity index (χ4n) is 2.94. The molecule has 1 N–H and O–H groups in total. The Morgan fingerprint density at radius 3 is 2.29 bits per heavy atom. The molecule has 0 saturated heterocycles. The van der Waals surface area contributed by atoms with Gasteiger partial charge in [-0.05, 0) is 42.0 Å². The Morgan fingerprint density at radius 1 is 0.914 bits per heavy atom. The summed E-state index contributed by atoms with van der Waals surface area (Å²) in [4.78, 5) is 24.6. The Bertz CT molecular complexity index is 1200. The van der Waals surface area contributed by atoms with Crippen LogP contribution >= 0.6 is 11.6 Å². The molecule has 10 heteroatoms. The summed E-state index contributed by atoms with van der Waals surface area (Å²) in [5.74, 6) is 0.609. The number of nitrogens with zero attached hydrogens (tertiary/aromatic N) is 1. The minimum absolute atomic E-state index is 0.212. The van der Waals surface area contributed by atoms with Gasteiger partial charge in [0.25, 0.3) is 5.91 Å². The molecule has 3 aromatic rings. The number of hydrogen-bond donors (Lipinski definition) is 1. The van der Waals surface area contributed by atoms with Gasteiger partial charge in [0.05, 0.1) is 38.1 Å². The van der Waals surface area contributed by atoms with Gasteiger partial charge < -0.3 is 23.7 Å². The number of rotatable bonds is 10. The number of carbonyl (C=O) groups is 2. The maximum absolute atomic E-state index is 12.7. The van der Waals surface area contributed by atoms with Gasteiger partial charge >= 0.3 is 5.97 Å². The summed E-state index contributed by atoms with van der Waals surface area (Å²) >= 11 is 5.99. The van der Waals surface area contributed by atoms with Crippen molar-refractivity contribution in [1.82, 2.24) is 5.43 Å². The average Bonchev–Trinajstić information content (AvgIpc) is 2.87. The summed E-state index contributed by atoms with van der Waals surface area (Å²) in [5, 5.41) is 4.30. The zero-order valence-corrected chi connectivity index (χ0v) is 20.0. The highest BCUT2D eigenvalue weighted by Crippen LogP contribution is 2.38. The first-order chi connectivity index (χ1) is 16.9. The molecule has 0 spiro atoms. The third-order valence-corrected chi connectivity index (χ3v) is 4.88. The summed E-state index contributed by atoms with van der Waals surface area (Å²) in [5.41, 5.74) is 3.16. The highest BCUT2D eigenvalue weighted by molar-refractivity contribution is 6.32. The van der Waals surface area contributed by atoms with E-state index < -0.39 is 11.9 Å². The number of hydrogen-bond acceptors (Lipinski definition) is 8. The quantitative estimate of drug-likeness (QED) is 0.194. The van der Waals surface area contributed by atoms with Crippen LogP contribution in [0.4, 0.5) is 0 Å². The predicted octanol–water partition coefficient (Wildman–Crippen LogP) is 4.11. The van der Waals surface area contributed by atoms with Crippen molar-refractivity contribution in [3.8, 4) is 28.7 Å². The van der Waals surface area contributed by atoms with Gasteiger partial charge in [0.1, 0.15) is 11.5 Å². The van der Waals surface area contributed by atoms with Gasteiger partial charge in [-0.25, -0.2) is 10.2 Å². The summed E-state index contributed by atoms with van der Waals surface area (Å²) in [6, 6.07) is 16.4. The van der Waals surface area contributed by atoms with Gasteiger partial charge in [-0.2, -0.15) is 5.10 Å². The molecule has 3 rings (SSSR count). The number of esters is 1. The Hall–Kier alpha value is -4.24. The van der Waals surface area contributed by atoms with Crippen molar-refractivity contribution in [2.24, 2.45) is 5.10 Å². The minimum Gasteiger partial charge on any atom is -0.493 e. The number of carbonyl (C=O) groups excluding carboxylic acids is 2. The van der Waals surface area contributed by atoms with E-state index >= 15 is 0 Å². The van der Waals surface area contributed by atoms with Crippen LogP contribution in [0.15, 0.2) is 65.8 Å². The van der Waals surface area contributed by atoms with Crippen LogP contribution in [0.2, 0.25) is 5.02 Å². The van der Waals surface area contributed by atoms with Crippen LogP contribution < -0.4 is 29.1 Å². The Balaban J connectivity index is 1.61. The lowest BCUT2D eigenvalue weighted by atomic mass is 10.1. The molecule has 1 amide bonds. The number of methoxy groups -OCH3 is 3. The minimum atomic E-state index is -0.622. The fourth-order valence-corrected chi connectivity index (χ4v) is 3.13. The first-order valence-corrected chi connectivity index (χ1v) is 10.6. The molecule has 9 nitrogen and oxygen atoms in total. The molecule has 0 aliphatic carbocycles. The van der Waals surface area contributed by atoms with Crippen LogP contribution in [0.5, 0.6) is 28.7 Å². The van der Waals surface area contributed by atoms with Crippen molar-refractivity contribution >= 4 is 29.7 Å². The van der Waals surface area contributed by atoms with Crippen molar-refractivity contribution in [2.45, 2.75) is 0 Å². The van der Waals surface area contributed by atoms with E-state index in [0.29, 0.717) is 33.6 Å². The van der Waals surface area contributed by atoms with E-state index in [1.54, 1.807) is 48.5 Å². The van der Waals surface area contributed by atoms with Crippen molar-refractivity contribution in [2.75, 3.05) is 27.9 Å². The Kier molecular flexibility index (Phi) is 8.91. The van der Waals surface area contributed by atoms with E-state index in [1.807, 2.05) is 0 Å². The average molecular weight is 499 g/mol. The molecule has 0 radical (unpaired) electrons. The van der Waals surface area contributed by atoms with Crippen molar-refractivity contribution in [3.63, 3.8) is 0 Å². The summed E-state index contributed by atoms with van der Waals surface area (Å²) in [6.07, 6.45) is 1.41. The Labute approximate surface area is 207 Å². The maximum Gasteiger partial charge on any atom is 0.343 e. The van der Waals surface area contributed by atoms with Gasteiger partial charge in [-0.15, -0.1) is 0 Å². The van der Waals surface area contributed by atoms with Crippen LogP contribution in [-0.4, -0.2) is 46.0 Å². The lowest BCUT2D eigenvalue weighted by Gasteiger charge is -2.13. The monoisotopic (exact) mass is 498 g/mol. The van der Waals surface area contributed by atoms with Gasteiger partial charge in [-0.3, -0.25) is 4.79 Å². The van der Waals surface area contributed by atoms with Gasteiger partial charge in [-0.1, -0.05) is 35.9 Å². The third kappa shape index (κ3) is 6.87. The largest absolute Gasteiger partial charge is 0.493 e. The standard InChI is InChI=1S/C25H23ClN2O7/c1-31-21-12-17(13-22(32-2)24(21)33-3)25(30)35-18-8-6-7-16(11-18)14-27-28-23(29)15-34-20-10-5-4-9-19(20)26/h4-14H,15H2,1-3H3,(H,28,29)/b27-14+. The summed E-state index contributed by atoms with van der Waals surface area (Å²) in [7, 11) is 4.38. The van der Waals surface area contributed by atoms with Crippen LogP contribution in [0.3, 0.4) is 0 Å². The van der Waals surface area contributed by atoms with Gasteiger partial charge in [0.2, 0.25) is 5.75 Å². The number of para-hydroxylation sites is 1. The SMILES string of the molecule is COc1cc(C(=O)Oc2cccc(/C=N/NC(=O)COc3ccccc3Cl)c2)cc(OC)c1OC. The molecule has 0 heterocycles. The zero-order valence-electron chi connectivity index (χ0n) is 19.2. The topological polar surface area (TPSA) is 105 Å². The van der Waals surface area contributed by atoms with Crippen molar-refractivity contribution < 1.29 is 33.3 Å². The number of benzene rings is 3. The highest BCUT2D eigenvalue weighted by Gasteiger charge is 2.18.